The van der Waals surface area contributed by atoms with Crippen molar-refractivity contribution in [3.63, 3.8) is 0 Å². The molecule has 11 heteroatoms. The average molecular weight is 586 g/mol. The van der Waals surface area contributed by atoms with E-state index in [0.717, 1.165) is 11.6 Å². The minimum absolute atomic E-state index is 0.0610. The number of allylic oxidation sites excluding steroid dienone is 4. The number of amides is 2. The fraction of sp³-hybridized carbons (Fsp3) is 0.484. The Morgan fingerprint density at radius 2 is 1.86 bits per heavy atom. The Morgan fingerprint density at radius 1 is 1.17 bits per heavy atom. The highest BCUT2D eigenvalue weighted by Gasteiger charge is 2.32. The summed E-state index contributed by atoms with van der Waals surface area (Å²) in [5.74, 6) is -2.03. The van der Waals surface area contributed by atoms with Gasteiger partial charge in [-0.3, -0.25) is 14.4 Å². The first-order valence-corrected chi connectivity index (χ1v) is 13.8. The molecular formula is C31H43N3O8. The van der Waals surface area contributed by atoms with Crippen molar-refractivity contribution >= 4 is 23.6 Å². The van der Waals surface area contributed by atoms with Gasteiger partial charge in [0.1, 0.15) is 11.9 Å². The van der Waals surface area contributed by atoms with Crippen molar-refractivity contribution < 1.29 is 38.5 Å². The summed E-state index contributed by atoms with van der Waals surface area (Å²) >= 11 is 0. The van der Waals surface area contributed by atoms with E-state index in [2.05, 4.69) is 17.2 Å². The number of carbonyl (C=O) groups is 4. The van der Waals surface area contributed by atoms with Crippen LogP contribution < -0.4 is 16.4 Å². The first kappa shape index (κ1) is 34.4. The lowest BCUT2D eigenvalue weighted by atomic mass is 9.85. The van der Waals surface area contributed by atoms with Gasteiger partial charge < -0.3 is 35.7 Å². The third-order valence-electron chi connectivity index (χ3n) is 7.15. The molecule has 0 saturated carbocycles. The highest BCUT2D eigenvalue weighted by molar-refractivity contribution is 6.23. The largest absolute Gasteiger partial charge is 0.412 e. The fourth-order valence-electron chi connectivity index (χ4n) is 4.93. The van der Waals surface area contributed by atoms with Crippen molar-refractivity contribution in [2.45, 2.75) is 65.3 Å². The van der Waals surface area contributed by atoms with Gasteiger partial charge in [-0.25, -0.2) is 4.79 Å². The Hall–Kier alpha value is -3.80. The number of hydrogen-bond acceptors (Lipinski definition) is 9. The summed E-state index contributed by atoms with van der Waals surface area (Å²) in [6.07, 6.45) is 4.97. The number of aliphatic hydroxyl groups excluding tert-OH is 1. The first-order valence-electron chi connectivity index (χ1n) is 13.8. The number of rotatable bonds is 6. The maximum Gasteiger partial charge on any atom is 0.409 e. The summed E-state index contributed by atoms with van der Waals surface area (Å²) in [6.45, 7) is 11.0. The minimum atomic E-state index is -1.06. The van der Waals surface area contributed by atoms with Gasteiger partial charge in [0.2, 0.25) is 11.6 Å². The zero-order valence-corrected chi connectivity index (χ0v) is 25.2. The summed E-state index contributed by atoms with van der Waals surface area (Å²) in [5, 5.41) is 16.7. The van der Waals surface area contributed by atoms with Gasteiger partial charge in [-0.05, 0) is 38.7 Å². The molecular weight excluding hydrogens is 542 g/mol. The molecule has 5 atom stereocenters. The van der Waals surface area contributed by atoms with Crippen LogP contribution in [-0.4, -0.2) is 67.7 Å². The molecule has 0 spiro atoms. The normalized spacial score (nSPS) is 26.8. The summed E-state index contributed by atoms with van der Waals surface area (Å²) in [4.78, 5) is 51.3. The van der Waals surface area contributed by atoms with Crippen molar-refractivity contribution in [2.24, 2.45) is 17.6 Å². The number of methoxy groups -OCH3 is 2. The average Bonchev–Trinajstić information content (AvgIpc) is 2.93. The lowest BCUT2D eigenvalue weighted by molar-refractivity contribution is -0.120. The number of fused-ring (bicyclic) bond motifs is 2. The number of Topliss-reactive ketones (excluding diaryl/α,β-unsaturated/α-hetero) is 1. The number of primary amides is 1. The second-order valence-electron chi connectivity index (χ2n) is 10.7. The van der Waals surface area contributed by atoms with E-state index in [4.69, 9.17) is 19.9 Å². The van der Waals surface area contributed by atoms with Crippen molar-refractivity contribution in [3.8, 4) is 0 Å². The highest BCUT2D eigenvalue weighted by Crippen LogP contribution is 2.28. The Kier molecular flexibility index (Phi) is 13.1. The molecule has 2 rings (SSSR count). The molecule has 1 heterocycles. The number of ether oxygens (including phenoxy) is 3. The fourth-order valence-corrected chi connectivity index (χ4v) is 4.93. The van der Waals surface area contributed by atoms with Crippen molar-refractivity contribution in [3.05, 3.63) is 70.8 Å². The molecule has 5 N–H and O–H groups in total. The molecule has 2 bridgehead atoms. The van der Waals surface area contributed by atoms with E-state index in [1.54, 1.807) is 6.08 Å². The molecule has 0 fully saturated rings. The maximum atomic E-state index is 13.6. The van der Waals surface area contributed by atoms with Gasteiger partial charge in [-0.1, -0.05) is 37.6 Å². The van der Waals surface area contributed by atoms with Gasteiger partial charge in [0.25, 0.3) is 5.91 Å². The van der Waals surface area contributed by atoms with E-state index < -0.39 is 41.9 Å². The van der Waals surface area contributed by atoms with Gasteiger partial charge in [-0.2, -0.15) is 0 Å². The number of carbonyl (C=O) groups excluding carboxylic acids is 4. The lowest BCUT2D eigenvalue weighted by Crippen LogP contribution is -2.37. The number of hydrogen-bond donors (Lipinski definition) is 4. The Balaban J connectivity index is 2.64. The van der Waals surface area contributed by atoms with Crippen LogP contribution in [0.1, 0.15) is 47.0 Å². The third kappa shape index (κ3) is 9.37. The Morgan fingerprint density at radius 3 is 2.45 bits per heavy atom. The third-order valence-corrected chi connectivity index (χ3v) is 7.15. The second kappa shape index (κ2) is 16.0. The monoisotopic (exact) mass is 585 g/mol. The Labute approximate surface area is 247 Å². The van der Waals surface area contributed by atoms with Crippen LogP contribution in [0.4, 0.5) is 4.79 Å². The van der Waals surface area contributed by atoms with Gasteiger partial charge in [0, 0.05) is 50.3 Å². The lowest BCUT2D eigenvalue weighted by Gasteiger charge is -2.29. The van der Waals surface area contributed by atoms with Crippen LogP contribution >= 0.6 is 0 Å². The van der Waals surface area contributed by atoms with E-state index in [-0.39, 0.29) is 53.1 Å². The number of nitrogens with two attached hydrogens (primary N) is 1. The first-order chi connectivity index (χ1) is 19.8. The molecule has 0 saturated heterocycles. The molecule has 0 radical (unpaired) electrons. The molecule has 11 nitrogen and oxygen atoms in total. The van der Waals surface area contributed by atoms with Crippen LogP contribution in [0.15, 0.2) is 70.8 Å². The molecule has 0 aromatic carbocycles. The molecule has 2 aliphatic rings. The minimum Gasteiger partial charge on any atom is -0.412 e. The van der Waals surface area contributed by atoms with Crippen LogP contribution in [0.5, 0.6) is 0 Å². The van der Waals surface area contributed by atoms with E-state index in [0.29, 0.717) is 12.8 Å². The molecule has 0 unspecified atom stereocenters. The van der Waals surface area contributed by atoms with Crippen LogP contribution in [0.25, 0.3) is 0 Å². The molecule has 1 aliphatic carbocycles. The predicted molar refractivity (Wildman–Crippen MR) is 158 cm³/mol. The zero-order valence-electron chi connectivity index (χ0n) is 25.2. The van der Waals surface area contributed by atoms with Gasteiger partial charge in [0.05, 0.1) is 23.6 Å². The molecule has 0 aromatic heterocycles. The van der Waals surface area contributed by atoms with Crippen molar-refractivity contribution in [2.75, 3.05) is 20.8 Å². The second-order valence-corrected chi connectivity index (χ2v) is 10.7. The summed E-state index contributed by atoms with van der Waals surface area (Å²) < 4.78 is 16.4. The standard InChI is InChI=1S/C31H43N3O8/c1-8-11-33-27-21-13-18(3)15-26(41-7)28(36)20(5)12-17(2)14-25(40-6)24(42-31(32)39)10-9-19(4)30(38)34-22(29(21)37)16-23(27)35/h8-10,12,16,18,20,25-26,28,33,36H,1,11,13-15H2,2-7H3,(H2,32,39)(H,34,38)/t18-,20-,25-,26-,28+/m0/s1. The van der Waals surface area contributed by atoms with Gasteiger partial charge in [-0.15, -0.1) is 6.58 Å². The van der Waals surface area contributed by atoms with Gasteiger partial charge >= 0.3 is 6.09 Å². The topological polar surface area (TPSA) is 166 Å². The number of aliphatic hydroxyl groups is 1. The van der Waals surface area contributed by atoms with Gasteiger partial charge in [0.15, 0.2) is 0 Å². The predicted octanol–water partition coefficient (Wildman–Crippen LogP) is 2.89. The highest BCUT2D eigenvalue weighted by atomic mass is 16.6. The molecule has 2 amide bonds. The SMILES string of the molecule is C=CCNC1=C2C[C@H](C)C[C@H](OC)[C@H](O)[C@@H](C)C=C(C)C[C@H](OC)C(OC(N)=O)=CC=C(C)C(=O)NC(=CC1=O)C2=O. The van der Waals surface area contributed by atoms with Crippen molar-refractivity contribution in [1.29, 1.82) is 0 Å². The van der Waals surface area contributed by atoms with Crippen LogP contribution in [0.3, 0.4) is 0 Å². The zero-order chi connectivity index (χ0) is 31.6. The molecule has 0 aromatic rings. The quantitative estimate of drug-likeness (QED) is 0.271. The van der Waals surface area contributed by atoms with E-state index in [1.165, 1.54) is 33.3 Å². The summed E-state index contributed by atoms with van der Waals surface area (Å²) in [5.41, 5.74) is 6.50. The summed E-state index contributed by atoms with van der Waals surface area (Å²) in [7, 11) is 2.95. The van der Waals surface area contributed by atoms with Crippen LogP contribution in [0, 0.1) is 11.8 Å². The van der Waals surface area contributed by atoms with Crippen LogP contribution in [0.2, 0.25) is 0 Å². The van der Waals surface area contributed by atoms with E-state index >= 15 is 0 Å². The number of ketones is 2. The molecule has 42 heavy (non-hydrogen) atoms. The van der Waals surface area contributed by atoms with Crippen molar-refractivity contribution in [1.82, 2.24) is 10.6 Å². The van der Waals surface area contributed by atoms with Crippen LogP contribution in [-0.2, 0) is 28.6 Å². The summed E-state index contributed by atoms with van der Waals surface area (Å²) in [6, 6.07) is 0. The molecule has 230 valence electrons. The Bertz CT molecular complexity index is 1230. The molecule has 1 aliphatic heterocycles. The smallest absolute Gasteiger partial charge is 0.409 e. The number of nitrogens with one attached hydrogen (secondary N) is 2. The maximum absolute atomic E-state index is 13.6. The van der Waals surface area contributed by atoms with E-state index in [1.807, 2.05) is 26.8 Å². The van der Waals surface area contributed by atoms with E-state index in [9.17, 15) is 24.3 Å².